The van der Waals surface area contributed by atoms with Crippen LogP contribution in [0.2, 0.25) is 0 Å². The molecule has 6 nitrogen and oxygen atoms in total. The second-order valence-electron chi connectivity index (χ2n) is 10.3. The summed E-state index contributed by atoms with van der Waals surface area (Å²) in [6.07, 6.45) is 2.83. The van der Waals surface area contributed by atoms with Gasteiger partial charge in [-0.3, -0.25) is 9.59 Å². The summed E-state index contributed by atoms with van der Waals surface area (Å²) in [7, 11) is -3.64. The Morgan fingerprint density at radius 3 is 1.44 bits per heavy atom. The molecule has 0 aliphatic heterocycles. The van der Waals surface area contributed by atoms with Gasteiger partial charge in [0.15, 0.2) is 9.84 Å². The number of sulfone groups is 1. The lowest BCUT2D eigenvalue weighted by Crippen LogP contribution is -2.24. The zero-order chi connectivity index (χ0) is 29.7. The van der Waals surface area contributed by atoms with Crippen LogP contribution in [0.25, 0.3) is 0 Å². The summed E-state index contributed by atoms with van der Waals surface area (Å²) in [5.41, 5.74) is 2.72. The molecule has 2 atom stereocenters. The Hall–Kier alpha value is -3.45. The van der Waals surface area contributed by atoms with Crippen LogP contribution in [0.3, 0.4) is 0 Å². The lowest BCUT2D eigenvalue weighted by Gasteiger charge is -2.21. The number of aryl methyl sites for hydroxylation is 1. The third-order valence-corrected chi connectivity index (χ3v) is 9.65. The van der Waals surface area contributed by atoms with Crippen molar-refractivity contribution in [2.24, 2.45) is 0 Å². The molecule has 41 heavy (non-hydrogen) atoms. The predicted octanol–water partition coefficient (Wildman–Crippen LogP) is 7.17. The van der Waals surface area contributed by atoms with Crippen LogP contribution in [0.5, 0.6) is 0 Å². The van der Waals surface area contributed by atoms with Crippen molar-refractivity contribution < 1.29 is 27.5 Å². The van der Waals surface area contributed by atoms with Gasteiger partial charge < -0.3 is 9.47 Å². The molecule has 3 rings (SSSR count). The van der Waals surface area contributed by atoms with Gasteiger partial charge in [0.2, 0.25) is 0 Å². The molecule has 0 saturated heterocycles. The maximum absolute atomic E-state index is 13.8. The van der Waals surface area contributed by atoms with E-state index in [1.165, 1.54) is 0 Å². The molecule has 0 aliphatic rings. The number of benzene rings is 3. The largest absolute Gasteiger partial charge is 0.466 e. The van der Waals surface area contributed by atoms with Crippen molar-refractivity contribution in [3.8, 4) is 0 Å². The van der Waals surface area contributed by atoms with Crippen molar-refractivity contribution in [1.29, 1.82) is 0 Å². The molecule has 0 aliphatic carbocycles. The Morgan fingerprint density at radius 1 is 0.634 bits per heavy atom. The smallest absolute Gasteiger partial charge is 0.313 e. The van der Waals surface area contributed by atoms with Crippen LogP contribution in [0.4, 0.5) is 0 Å². The summed E-state index contributed by atoms with van der Waals surface area (Å²) in [4.78, 5) is 25.9. The number of ether oxygens (including phenoxy) is 2. The molecule has 0 bridgehead atoms. The summed E-state index contributed by atoms with van der Waals surface area (Å²) in [6, 6.07) is 25.9. The molecule has 3 aromatic rings. The quantitative estimate of drug-likeness (QED) is 0.168. The topological polar surface area (TPSA) is 86.7 Å². The summed E-state index contributed by atoms with van der Waals surface area (Å²) < 4.78 is 38.3. The van der Waals surface area contributed by atoms with Gasteiger partial charge in [-0.25, -0.2) is 8.42 Å². The first-order valence-corrected chi connectivity index (χ1v) is 16.1. The highest BCUT2D eigenvalue weighted by Crippen LogP contribution is 2.31. The van der Waals surface area contributed by atoms with Gasteiger partial charge >= 0.3 is 11.9 Å². The van der Waals surface area contributed by atoms with Gasteiger partial charge in [-0.05, 0) is 69.7 Å². The molecular weight excluding hydrogens is 536 g/mol. The third kappa shape index (κ3) is 9.28. The Kier molecular flexibility index (Phi) is 12.6. The first kappa shape index (κ1) is 32.1. The Bertz CT molecular complexity index is 1250. The highest BCUT2D eigenvalue weighted by molar-refractivity contribution is 7.92. The van der Waals surface area contributed by atoms with Gasteiger partial charge in [0.25, 0.3) is 0 Å². The minimum atomic E-state index is -3.64. The van der Waals surface area contributed by atoms with E-state index in [-0.39, 0.29) is 25.2 Å². The Labute approximate surface area is 245 Å². The average Bonchev–Trinajstić information content (AvgIpc) is 2.97. The maximum Gasteiger partial charge on any atom is 0.313 e. The maximum atomic E-state index is 13.8. The molecular formula is C34H42O6S. The van der Waals surface area contributed by atoms with Gasteiger partial charge in [-0.2, -0.15) is 0 Å². The molecule has 7 heteroatoms. The van der Waals surface area contributed by atoms with Crippen LogP contribution in [-0.4, -0.2) is 38.8 Å². The van der Waals surface area contributed by atoms with Crippen molar-refractivity contribution >= 4 is 21.8 Å². The monoisotopic (exact) mass is 578 g/mol. The molecule has 0 aromatic heterocycles. The zero-order valence-electron chi connectivity index (χ0n) is 24.3. The number of carbonyl (C=O) groups is 2. The second-order valence-corrected chi connectivity index (χ2v) is 12.5. The highest BCUT2D eigenvalue weighted by Gasteiger charge is 2.30. The average molecular weight is 579 g/mol. The SMILES string of the molecule is CCOC(=O)C(CCCC(CCCC(C(=O)OCC)c1ccccc1)S(=O)(=O)c1ccc(C)cc1)c1ccccc1. The lowest BCUT2D eigenvalue weighted by atomic mass is 9.91. The molecule has 3 aromatic carbocycles. The Balaban J connectivity index is 1.78. The van der Waals surface area contributed by atoms with E-state index in [1.54, 1.807) is 26.0 Å². The van der Waals surface area contributed by atoms with E-state index in [2.05, 4.69) is 0 Å². The highest BCUT2D eigenvalue weighted by atomic mass is 32.2. The number of carbonyl (C=O) groups excluding carboxylic acids is 2. The molecule has 0 fully saturated rings. The zero-order valence-corrected chi connectivity index (χ0v) is 25.1. The van der Waals surface area contributed by atoms with Crippen LogP contribution in [0.15, 0.2) is 89.8 Å². The van der Waals surface area contributed by atoms with Crippen LogP contribution < -0.4 is 0 Å². The number of hydrogen-bond acceptors (Lipinski definition) is 6. The van der Waals surface area contributed by atoms with Crippen LogP contribution in [0, 0.1) is 6.92 Å². The van der Waals surface area contributed by atoms with Crippen molar-refractivity contribution in [2.45, 2.75) is 81.3 Å². The molecule has 0 heterocycles. The lowest BCUT2D eigenvalue weighted by molar-refractivity contribution is -0.146. The van der Waals surface area contributed by atoms with Gasteiger partial charge in [0, 0.05) is 0 Å². The van der Waals surface area contributed by atoms with Gasteiger partial charge in [0.1, 0.15) is 0 Å². The molecule has 0 amide bonds. The summed E-state index contributed by atoms with van der Waals surface area (Å²) in [5.74, 6) is -1.50. The molecule has 0 radical (unpaired) electrons. The van der Waals surface area contributed by atoms with Crippen molar-refractivity contribution in [2.75, 3.05) is 13.2 Å². The number of esters is 2. The number of rotatable bonds is 16. The predicted molar refractivity (Wildman–Crippen MR) is 161 cm³/mol. The van der Waals surface area contributed by atoms with Gasteiger partial charge in [0.05, 0.1) is 35.2 Å². The fraction of sp³-hybridized carbons (Fsp3) is 0.412. The molecule has 0 saturated carbocycles. The van der Waals surface area contributed by atoms with Crippen molar-refractivity contribution in [3.05, 3.63) is 102 Å². The van der Waals surface area contributed by atoms with Gasteiger partial charge in [-0.1, -0.05) is 91.2 Å². The van der Waals surface area contributed by atoms with Gasteiger partial charge in [-0.15, -0.1) is 0 Å². The van der Waals surface area contributed by atoms with E-state index >= 15 is 0 Å². The Morgan fingerprint density at radius 2 is 1.05 bits per heavy atom. The fourth-order valence-electron chi connectivity index (χ4n) is 5.17. The summed E-state index contributed by atoms with van der Waals surface area (Å²) >= 11 is 0. The van der Waals surface area contributed by atoms with Crippen LogP contribution >= 0.6 is 0 Å². The minimum Gasteiger partial charge on any atom is -0.466 e. The van der Waals surface area contributed by atoms with Crippen LogP contribution in [-0.2, 0) is 28.9 Å². The molecule has 2 unspecified atom stereocenters. The van der Waals surface area contributed by atoms with E-state index in [0.717, 1.165) is 16.7 Å². The van der Waals surface area contributed by atoms with E-state index < -0.39 is 26.9 Å². The van der Waals surface area contributed by atoms with Crippen molar-refractivity contribution in [1.82, 2.24) is 0 Å². The second kappa shape index (κ2) is 16.1. The minimum absolute atomic E-state index is 0.287. The van der Waals surface area contributed by atoms with E-state index in [0.29, 0.717) is 43.4 Å². The third-order valence-electron chi connectivity index (χ3n) is 7.37. The summed E-state index contributed by atoms with van der Waals surface area (Å²) in [5, 5.41) is -0.651. The van der Waals surface area contributed by atoms with E-state index in [4.69, 9.17) is 9.47 Å². The van der Waals surface area contributed by atoms with Crippen molar-refractivity contribution in [3.63, 3.8) is 0 Å². The fourth-order valence-corrected chi connectivity index (χ4v) is 7.03. The van der Waals surface area contributed by atoms with E-state index in [9.17, 15) is 18.0 Å². The number of hydrogen-bond donors (Lipinski definition) is 0. The summed E-state index contributed by atoms with van der Waals surface area (Å²) in [6.45, 7) is 6.06. The first-order chi connectivity index (χ1) is 19.8. The van der Waals surface area contributed by atoms with Crippen LogP contribution in [0.1, 0.15) is 80.9 Å². The molecule has 0 N–H and O–H groups in total. The molecule has 0 spiro atoms. The molecule has 220 valence electrons. The normalized spacial score (nSPS) is 13.6. The first-order valence-electron chi connectivity index (χ1n) is 14.5. The standard InChI is InChI=1S/C34H42O6S/c1-4-39-33(35)31(27-14-8-6-9-15-27)20-12-18-29(41(37,38)30-24-22-26(3)23-25-30)19-13-21-32(34(36)40-5-2)28-16-10-7-11-17-28/h6-11,14-17,22-25,29,31-32H,4-5,12-13,18-21H2,1-3H3. The van der Waals surface area contributed by atoms with E-state index in [1.807, 2.05) is 79.7 Å².